The Balaban J connectivity index is 0.000000299. The predicted octanol–water partition coefficient (Wildman–Crippen LogP) is 4.13. The van der Waals surface area contributed by atoms with E-state index in [1.54, 1.807) is 48.5 Å². The molecule has 6 N–H and O–H groups in total. The number of esters is 2. The van der Waals surface area contributed by atoms with Crippen LogP contribution in [-0.2, 0) is 57.6 Å². The molecule has 5 rings (SSSR count). The first kappa shape index (κ1) is 34.2. The molecular formula is C33H40ClN3O7. The number of nitrogens with two attached hydrogens (primary N) is 1. The van der Waals surface area contributed by atoms with Gasteiger partial charge < -0.3 is 36.1 Å². The maximum absolute atomic E-state index is 12.8. The minimum atomic E-state index is -0.841. The first-order chi connectivity index (χ1) is 20.7. The summed E-state index contributed by atoms with van der Waals surface area (Å²) in [6.45, 7) is 0. The van der Waals surface area contributed by atoms with E-state index in [1.807, 2.05) is 0 Å². The zero-order chi connectivity index (χ0) is 30.9. The summed E-state index contributed by atoms with van der Waals surface area (Å²) < 4.78 is 9.36. The summed E-state index contributed by atoms with van der Waals surface area (Å²) in [5.41, 5.74) is 13.2. The van der Waals surface area contributed by atoms with Crippen molar-refractivity contribution in [2.75, 3.05) is 19.5 Å². The van der Waals surface area contributed by atoms with Crippen molar-refractivity contribution in [1.29, 1.82) is 0 Å². The SMILES string of the molecule is COC(=O)C(Cc1cccc(O)c1)NC(=O)Nc1c2c(cc3c1CCC3)CCC2.COC(=O)C(N)Cc1cccc(O)c1.Cl. The third kappa shape index (κ3) is 8.87. The number of carbonyl (C=O) groups is 3. The molecule has 2 unspecified atom stereocenters. The van der Waals surface area contributed by atoms with Crippen LogP contribution in [0.15, 0.2) is 54.6 Å². The van der Waals surface area contributed by atoms with Gasteiger partial charge in [-0.05, 0) is 103 Å². The van der Waals surface area contributed by atoms with Crippen molar-refractivity contribution in [1.82, 2.24) is 5.32 Å². The number of aryl methyl sites for hydroxylation is 2. The average molecular weight is 626 g/mol. The van der Waals surface area contributed by atoms with Crippen molar-refractivity contribution in [2.24, 2.45) is 5.73 Å². The summed E-state index contributed by atoms with van der Waals surface area (Å²) >= 11 is 0. The van der Waals surface area contributed by atoms with Crippen molar-refractivity contribution in [3.8, 4) is 11.5 Å². The Morgan fingerprint density at radius 1 is 0.795 bits per heavy atom. The number of nitrogens with one attached hydrogen (secondary N) is 2. The van der Waals surface area contributed by atoms with Crippen molar-refractivity contribution < 1.29 is 34.1 Å². The fraction of sp³-hybridized carbons (Fsp3) is 0.364. The summed E-state index contributed by atoms with van der Waals surface area (Å²) in [5, 5.41) is 24.6. The lowest BCUT2D eigenvalue weighted by Gasteiger charge is -2.20. The number of amides is 2. The smallest absolute Gasteiger partial charge is 0.328 e. The van der Waals surface area contributed by atoms with E-state index in [2.05, 4.69) is 21.4 Å². The molecule has 0 bridgehead atoms. The molecule has 0 radical (unpaired) electrons. The molecule has 0 saturated heterocycles. The van der Waals surface area contributed by atoms with Crippen LogP contribution in [0, 0.1) is 0 Å². The van der Waals surface area contributed by atoms with E-state index in [0.29, 0.717) is 6.42 Å². The summed E-state index contributed by atoms with van der Waals surface area (Å²) in [7, 11) is 2.60. The topological polar surface area (TPSA) is 160 Å². The number of anilines is 1. The van der Waals surface area contributed by atoms with Gasteiger partial charge in [-0.25, -0.2) is 9.59 Å². The second-order valence-electron chi connectivity index (χ2n) is 10.8. The Labute approximate surface area is 263 Å². The Morgan fingerprint density at radius 2 is 1.32 bits per heavy atom. The number of carbonyl (C=O) groups excluding carboxylic acids is 3. The minimum Gasteiger partial charge on any atom is -0.508 e. The van der Waals surface area contributed by atoms with Crippen molar-refractivity contribution >= 4 is 36.1 Å². The highest BCUT2D eigenvalue weighted by Crippen LogP contribution is 2.38. The standard InChI is InChI=1S/C23H26N2O4.C10H13NO3.ClH/c1-29-22(27)20(12-14-5-2-8-17(26)11-14)24-23(28)25-21-18-9-3-6-15(18)13-16-7-4-10-19(16)21;1-14-10(13)9(11)6-7-3-2-4-8(12)5-7;/h2,5,8,11,13,20,26H,3-4,6-7,9-10,12H2,1H3,(H2,24,25,28);2-5,9,12H,6,11H2,1H3;1H. The maximum Gasteiger partial charge on any atom is 0.328 e. The number of hydrogen-bond donors (Lipinski definition) is 5. The average Bonchev–Trinajstić information content (AvgIpc) is 3.66. The fourth-order valence-electron chi connectivity index (χ4n) is 5.70. The van der Waals surface area contributed by atoms with Gasteiger partial charge in [0.25, 0.3) is 0 Å². The Morgan fingerprint density at radius 3 is 1.82 bits per heavy atom. The van der Waals surface area contributed by atoms with Gasteiger partial charge in [0.1, 0.15) is 23.6 Å². The van der Waals surface area contributed by atoms with Crippen LogP contribution in [0.2, 0.25) is 0 Å². The maximum atomic E-state index is 12.8. The summed E-state index contributed by atoms with van der Waals surface area (Å²) in [6.07, 6.45) is 6.88. The molecule has 44 heavy (non-hydrogen) atoms. The molecular weight excluding hydrogens is 586 g/mol. The van der Waals surface area contributed by atoms with Crippen molar-refractivity contribution in [3.63, 3.8) is 0 Å². The Bertz CT molecular complexity index is 1450. The van der Waals surface area contributed by atoms with E-state index in [0.717, 1.165) is 55.3 Å². The highest BCUT2D eigenvalue weighted by Gasteiger charge is 2.27. The molecule has 10 nitrogen and oxygen atoms in total. The lowest BCUT2D eigenvalue weighted by atomic mass is 9.99. The van der Waals surface area contributed by atoms with Gasteiger partial charge in [0.05, 0.1) is 14.2 Å². The minimum absolute atomic E-state index is 0. The quantitative estimate of drug-likeness (QED) is 0.234. The normalized spacial score (nSPS) is 14.0. The van der Waals surface area contributed by atoms with E-state index in [9.17, 15) is 19.5 Å². The highest BCUT2D eigenvalue weighted by atomic mass is 35.5. The molecule has 0 aromatic heterocycles. The van der Waals surface area contributed by atoms with E-state index >= 15 is 0 Å². The lowest BCUT2D eigenvalue weighted by molar-refractivity contribution is -0.143. The van der Waals surface area contributed by atoms with Gasteiger partial charge in [-0.15, -0.1) is 12.4 Å². The lowest BCUT2D eigenvalue weighted by Crippen LogP contribution is -2.45. The van der Waals surface area contributed by atoms with Gasteiger partial charge >= 0.3 is 18.0 Å². The number of benzene rings is 3. The molecule has 2 amide bonds. The second-order valence-corrected chi connectivity index (χ2v) is 10.8. The number of halogens is 1. The number of hydrogen-bond acceptors (Lipinski definition) is 8. The van der Waals surface area contributed by atoms with Crippen LogP contribution in [-0.4, -0.2) is 54.5 Å². The number of rotatable bonds is 8. The first-order valence-electron chi connectivity index (χ1n) is 14.4. The van der Waals surface area contributed by atoms with Crippen LogP contribution in [0.5, 0.6) is 11.5 Å². The molecule has 0 saturated carbocycles. The van der Waals surface area contributed by atoms with Crippen LogP contribution >= 0.6 is 12.4 Å². The second kappa shape index (κ2) is 16.0. The van der Waals surface area contributed by atoms with Gasteiger partial charge in [-0.3, -0.25) is 4.79 Å². The molecule has 3 aromatic rings. The van der Waals surface area contributed by atoms with Crippen LogP contribution in [0.3, 0.4) is 0 Å². The molecule has 2 aliphatic rings. The van der Waals surface area contributed by atoms with Gasteiger partial charge in [-0.1, -0.05) is 30.3 Å². The number of urea groups is 1. The summed E-state index contributed by atoms with van der Waals surface area (Å²) in [4.78, 5) is 36.0. The molecule has 2 aliphatic carbocycles. The molecule has 0 heterocycles. The number of ether oxygens (including phenoxy) is 2. The fourth-order valence-corrected chi connectivity index (χ4v) is 5.70. The van der Waals surface area contributed by atoms with Crippen LogP contribution in [0.1, 0.15) is 46.2 Å². The van der Waals surface area contributed by atoms with Crippen molar-refractivity contribution in [3.05, 3.63) is 88.0 Å². The molecule has 0 spiro atoms. The van der Waals surface area contributed by atoms with Gasteiger partial charge in [0.2, 0.25) is 0 Å². The molecule has 2 atom stereocenters. The monoisotopic (exact) mass is 625 g/mol. The molecule has 0 fully saturated rings. The number of phenols is 2. The largest absolute Gasteiger partial charge is 0.508 e. The van der Waals surface area contributed by atoms with Gasteiger partial charge in [0.15, 0.2) is 0 Å². The molecule has 3 aromatic carbocycles. The van der Waals surface area contributed by atoms with E-state index in [-0.39, 0.29) is 30.3 Å². The zero-order valence-corrected chi connectivity index (χ0v) is 25.7. The van der Waals surface area contributed by atoms with Crippen molar-refractivity contribution in [2.45, 2.75) is 63.5 Å². The molecule has 0 aliphatic heterocycles. The Kier molecular flexibility index (Phi) is 12.4. The first-order valence-corrected chi connectivity index (χ1v) is 14.4. The van der Waals surface area contributed by atoms with E-state index in [1.165, 1.54) is 36.5 Å². The predicted molar refractivity (Wildman–Crippen MR) is 169 cm³/mol. The number of methoxy groups -OCH3 is 2. The van der Waals surface area contributed by atoms with Gasteiger partial charge in [0, 0.05) is 12.1 Å². The number of phenolic OH excluding ortho intramolecular Hbond substituents is 2. The number of fused-ring (bicyclic) bond motifs is 2. The van der Waals surface area contributed by atoms with Crippen LogP contribution in [0.4, 0.5) is 10.5 Å². The molecule has 236 valence electrons. The van der Waals surface area contributed by atoms with E-state index < -0.39 is 30.1 Å². The third-order valence-corrected chi connectivity index (χ3v) is 7.72. The highest BCUT2D eigenvalue weighted by molar-refractivity contribution is 5.94. The summed E-state index contributed by atoms with van der Waals surface area (Å²) in [5.74, 6) is -0.689. The Hall–Kier alpha value is -4.28. The number of aromatic hydroxyl groups is 2. The van der Waals surface area contributed by atoms with Gasteiger partial charge in [-0.2, -0.15) is 0 Å². The van der Waals surface area contributed by atoms with Crippen LogP contribution in [0.25, 0.3) is 0 Å². The third-order valence-electron chi connectivity index (χ3n) is 7.72. The van der Waals surface area contributed by atoms with E-state index in [4.69, 9.17) is 15.6 Å². The molecule has 11 heteroatoms. The van der Waals surface area contributed by atoms with Crippen LogP contribution < -0.4 is 16.4 Å². The summed E-state index contributed by atoms with van der Waals surface area (Å²) in [6, 6.07) is 13.7. The zero-order valence-electron chi connectivity index (χ0n) is 24.9.